The summed E-state index contributed by atoms with van der Waals surface area (Å²) in [7, 11) is 1.95. The van der Waals surface area contributed by atoms with Gasteiger partial charge in [-0.15, -0.1) is 0 Å². The average Bonchev–Trinajstić information content (AvgIpc) is 3.11. The highest BCUT2D eigenvalue weighted by Crippen LogP contribution is 2.44. The zero-order chi connectivity index (χ0) is 20.5. The summed E-state index contributed by atoms with van der Waals surface area (Å²) in [4.78, 5) is 14.8. The van der Waals surface area contributed by atoms with E-state index in [4.69, 9.17) is 4.74 Å². The molecule has 0 bridgehead atoms. The van der Waals surface area contributed by atoms with Gasteiger partial charge in [0.05, 0.1) is 0 Å². The quantitative estimate of drug-likeness (QED) is 0.692. The highest BCUT2D eigenvalue weighted by Gasteiger charge is 2.30. The number of hydrogen-bond acceptors (Lipinski definition) is 3. The number of carbonyl (C=O) groups excluding carboxylic acids is 1. The number of nitrogens with zero attached hydrogens (tertiary/aromatic N) is 1. The van der Waals surface area contributed by atoms with Crippen LogP contribution >= 0.6 is 0 Å². The number of benzene rings is 3. The van der Waals surface area contributed by atoms with Crippen LogP contribution in [0.3, 0.4) is 0 Å². The third-order valence-corrected chi connectivity index (χ3v) is 6.33. The molecule has 0 spiro atoms. The maximum atomic E-state index is 12.9. The van der Waals surface area contributed by atoms with Gasteiger partial charge < -0.3 is 15.0 Å². The highest BCUT2D eigenvalue weighted by molar-refractivity contribution is 5.79. The van der Waals surface area contributed by atoms with E-state index < -0.39 is 0 Å². The van der Waals surface area contributed by atoms with Crippen LogP contribution in [0.1, 0.15) is 33.7 Å². The van der Waals surface area contributed by atoms with Gasteiger partial charge in [-0.2, -0.15) is 0 Å². The summed E-state index contributed by atoms with van der Waals surface area (Å²) in [5.41, 5.74) is 8.83. The second kappa shape index (κ2) is 7.96. The van der Waals surface area contributed by atoms with Crippen LogP contribution in [0.5, 0.6) is 0 Å². The Morgan fingerprint density at radius 2 is 1.70 bits per heavy atom. The maximum Gasteiger partial charge on any atom is 0.410 e. The minimum Gasteiger partial charge on any atom is -0.448 e. The van der Waals surface area contributed by atoms with Gasteiger partial charge in [0.25, 0.3) is 0 Å². The molecule has 1 aliphatic carbocycles. The van der Waals surface area contributed by atoms with E-state index in [1.54, 1.807) is 0 Å². The summed E-state index contributed by atoms with van der Waals surface area (Å²) in [6, 6.07) is 23.3. The molecule has 0 aromatic heterocycles. The number of carbonyl (C=O) groups is 1. The van der Waals surface area contributed by atoms with Gasteiger partial charge in [0.15, 0.2) is 0 Å². The minimum absolute atomic E-state index is 0.0956. The molecule has 1 heterocycles. The molecule has 0 atom stereocenters. The molecular formula is C26H26N2O2. The van der Waals surface area contributed by atoms with Crippen molar-refractivity contribution in [3.05, 3.63) is 94.5 Å². The Balaban J connectivity index is 1.32. The molecule has 0 saturated carbocycles. The van der Waals surface area contributed by atoms with Gasteiger partial charge >= 0.3 is 6.09 Å². The van der Waals surface area contributed by atoms with Crippen molar-refractivity contribution in [2.45, 2.75) is 25.4 Å². The van der Waals surface area contributed by atoms with Gasteiger partial charge in [0, 0.05) is 25.6 Å². The van der Waals surface area contributed by atoms with E-state index in [2.05, 4.69) is 72.0 Å². The summed E-state index contributed by atoms with van der Waals surface area (Å²) in [5, 5.41) is 3.22. The Morgan fingerprint density at radius 1 is 1.00 bits per heavy atom. The molecule has 30 heavy (non-hydrogen) atoms. The van der Waals surface area contributed by atoms with E-state index in [-0.39, 0.29) is 12.0 Å². The predicted octanol–water partition coefficient (Wildman–Crippen LogP) is 4.71. The summed E-state index contributed by atoms with van der Waals surface area (Å²) < 4.78 is 5.87. The van der Waals surface area contributed by atoms with Crippen molar-refractivity contribution in [3.63, 3.8) is 0 Å². The first-order valence-corrected chi connectivity index (χ1v) is 10.6. The lowest BCUT2D eigenvalue weighted by Gasteiger charge is -2.30. The molecule has 0 radical (unpaired) electrons. The van der Waals surface area contributed by atoms with Gasteiger partial charge in [-0.25, -0.2) is 4.79 Å². The Morgan fingerprint density at radius 3 is 2.40 bits per heavy atom. The molecule has 2 aliphatic rings. The zero-order valence-electron chi connectivity index (χ0n) is 17.2. The molecule has 3 aromatic carbocycles. The third kappa shape index (κ3) is 3.27. The van der Waals surface area contributed by atoms with E-state index in [0.717, 1.165) is 13.0 Å². The van der Waals surface area contributed by atoms with Crippen LogP contribution in [0.2, 0.25) is 0 Å². The summed E-state index contributed by atoms with van der Waals surface area (Å²) in [5.74, 6) is 0.0956. The number of nitrogens with one attached hydrogen (secondary N) is 1. The molecule has 0 saturated heterocycles. The molecule has 1 amide bonds. The van der Waals surface area contributed by atoms with Gasteiger partial charge in [-0.1, -0.05) is 66.7 Å². The van der Waals surface area contributed by atoms with Gasteiger partial charge in [-0.3, -0.25) is 0 Å². The van der Waals surface area contributed by atoms with Crippen molar-refractivity contribution >= 4 is 6.09 Å². The second-order valence-electron chi connectivity index (χ2n) is 8.06. The Hall–Kier alpha value is -3.11. The van der Waals surface area contributed by atoms with Crippen LogP contribution in [0.25, 0.3) is 11.1 Å². The molecule has 4 nitrogen and oxygen atoms in total. The minimum atomic E-state index is -0.221. The fourth-order valence-corrected chi connectivity index (χ4v) is 4.85. The first kappa shape index (κ1) is 18.9. The van der Waals surface area contributed by atoms with Crippen molar-refractivity contribution in [2.24, 2.45) is 0 Å². The first-order valence-electron chi connectivity index (χ1n) is 10.6. The van der Waals surface area contributed by atoms with E-state index >= 15 is 0 Å². The molecule has 0 fully saturated rings. The molecule has 0 unspecified atom stereocenters. The van der Waals surface area contributed by atoms with Crippen LogP contribution in [0.15, 0.2) is 66.7 Å². The first-order chi connectivity index (χ1) is 14.8. The zero-order valence-corrected chi connectivity index (χ0v) is 17.2. The van der Waals surface area contributed by atoms with Gasteiger partial charge in [0.2, 0.25) is 0 Å². The van der Waals surface area contributed by atoms with Crippen LogP contribution in [-0.4, -0.2) is 31.2 Å². The number of fused-ring (bicyclic) bond motifs is 4. The smallest absolute Gasteiger partial charge is 0.410 e. The second-order valence-corrected chi connectivity index (χ2v) is 8.06. The van der Waals surface area contributed by atoms with Crippen LogP contribution < -0.4 is 5.32 Å². The van der Waals surface area contributed by atoms with Crippen LogP contribution in [-0.2, 0) is 24.2 Å². The standard InChI is InChI=1S/C26H26N2O2/c1-27-15-19-8-6-7-18-13-14-28(16-24(18)19)26(29)30-17-25-22-11-4-2-9-20(22)21-10-3-5-12-23(21)25/h2-12,25,27H,13-17H2,1H3. The van der Waals surface area contributed by atoms with Crippen molar-refractivity contribution in [2.75, 3.05) is 20.2 Å². The number of ether oxygens (including phenoxy) is 1. The molecule has 152 valence electrons. The van der Waals surface area contributed by atoms with Crippen LogP contribution in [0, 0.1) is 0 Å². The normalized spacial score (nSPS) is 14.8. The average molecular weight is 399 g/mol. The van der Waals surface area contributed by atoms with Crippen molar-refractivity contribution in [1.82, 2.24) is 10.2 Å². The topological polar surface area (TPSA) is 41.6 Å². The fourth-order valence-electron chi connectivity index (χ4n) is 4.85. The lowest BCUT2D eigenvalue weighted by Crippen LogP contribution is -2.37. The van der Waals surface area contributed by atoms with Gasteiger partial charge in [0.1, 0.15) is 6.61 Å². The summed E-state index contributed by atoms with van der Waals surface area (Å²) >= 11 is 0. The SMILES string of the molecule is CNCc1cccc2c1CN(C(=O)OCC1c3ccccc3-c3ccccc31)CC2. The summed E-state index contributed by atoms with van der Waals surface area (Å²) in [6.45, 7) is 2.49. The Kier molecular flexibility index (Phi) is 5.01. The van der Waals surface area contributed by atoms with E-state index in [9.17, 15) is 4.79 Å². The Bertz CT molecular complexity index is 1050. The van der Waals surface area contributed by atoms with E-state index in [1.165, 1.54) is 38.9 Å². The van der Waals surface area contributed by atoms with Gasteiger partial charge in [-0.05, 0) is 52.4 Å². The third-order valence-electron chi connectivity index (χ3n) is 6.33. The Labute approximate surface area is 177 Å². The highest BCUT2D eigenvalue weighted by atomic mass is 16.6. The number of amides is 1. The van der Waals surface area contributed by atoms with E-state index in [0.29, 0.717) is 19.7 Å². The monoisotopic (exact) mass is 398 g/mol. The maximum absolute atomic E-state index is 12.9. The lowest BCUT2D eigenvalue weighted by atomic mass is 9.95. The fraction of sp³-hybridized carbons (Fsp3) is 0.269. The molecule has 3 aromatic rings. The molecule has 1 aliphatic heterocycles. The van der Waals surface area contributed by atoms with E-state index in [1.807, 2.05) is 11.9 Å². The largest absolute Gasteiger partial charge is 0.448 e. The number of rotatable bonds is 4. The molecule has 5 rings (SSSR count). The molecule has 1 N–H and O–H groups in total. The van der Waals surface area contributed by atoms with Crippen molar-refractivity contribution in [3.8, 4) is 11.1 Å². The van der Waals surface area contributed by atoms with Crippen molar-refractivity contribution in [1.29, 1.82) is 0 Å². The molecule has 4 heteroatoms. The lowest BCUT2D eigenvalue weighted by molar-refractivity contribution is 0.0952. The molecular weight excluding hydrogens is 372 g/mol. The predicted molar refractivity (Wildman–Crippen MR) is 118 cm³/mol. The summed E-state index contributed by atoms with van der Waals surface area (Å²) in [6.07, 6.45) is 0.652. The van der Waals surface area contributed by atoms with Crippen molar-refractivity contribution < 1.29 is 9.53 Å². The number of hydrogen-bond donors (Lipinski definition) is 1. The van der Waals surface area contributed by atoms with Crippen LogP contribution in [0.4, 0.5) is 4.79 Å².